The molecule has 3 rings (SSSR count). The van der Waals surface area contributed by atoms with Crippen LogP contribution in [0.5, 0.6) is 5.75 Å². The van der Waals surface area contributed by atoms with Crippen molar-refractivity contribution in [3.63, 3.8) is 0 Å². The molecular formula is C20H22ClN5O. The van der Waals surface area contributed by atoms with Crippen LogP contribution in [0.15, 0.2) is 42.6 Å². The third kappa shape index (κ3) is 5.08. The van der Waals surface area contributed by atoms with Gasteiger partial charge in [0.1, 0.15) is 5.75 Å². The Bertz CT molecular complexity index is 891. The van der Waals surface area contributed by atoms with Crippen molar-refractivity contribution in [1.29, 1.82) is 0 Å². The van der Waals surface area contributed by atoms with E-state index in [2.05, 4.69) is 31.9 Å². The molecule has 0 unspecified atom stereocenters. The summed E-state index contributed by atoms with van der Waals surface area (Å²) in [6.07, 6.45) is 2.46. The zero-order chi connectivity index (χ0) is 19.2. The molecule has 1 aromatic heterocycles. The van der Waals surface area contributed by atoms with Gasteiger partial charge < -0.3 is 15.4 Å². The van der Waals surface area contributed by atoms with Crippen molar-refractivity contribution >= 4 is 29.1 Å². The number of hydrogen-bond donors (Lipinski definition) is 2. The molecule has 1 heterocycles. The molecule has 7 heteroatoms. The van der Waals surface area contributed by atoms with E-state index in [1.54, 1.807) is 13.3 Å². The number of benzene rings is 2. The highest BCUT2D eigenvalue weighted by molar-refractivity contribution is 6.33. The number of nitrogens with zero attached hydrogens (tertiary/aromatic N) is 3. The highest BCUT2D eigenvalue weighted by atomic mass is 35.5. The summed E-state index contributed by atoms with van der Waals surface area (Å²) in [7, 11) is 1.66. The molecule has 3 aromatic rings. The second-order valence-corrected chi connectivity index (χ2v) is 6.66. The fraction of sp³-hybridized carbons (Fsp3) is 0.250. The second kappa shape index (κ2) is 8.68. The molecule has 140 valence electrons. The van der Waals surface area contributed by atoms with Gasteiger partial charge in [0.25, 0.3) is 0 Å². The molecule has 0 amide bonds. The Hall–Kier alpha value is -2.86. The average Bonchev–Trinajstić information content (AvgIpc) is 2.65. The first-order chi connectivity index (χ1) is 13.0. The van der Waals surface area contributed by atoms with Crippen LogP contribution >= 0.6 is 11.6 Å². The normalized spacial score (nSPS) is 10.5. The monoisotopic (exact) mass is 383 g/mol. The maximum Gasteiger partial charge on any atom is 0.249 e. The zero-order valence-corrected chi connectivity index (χ0v) is 16.3. The molecule has 2 N–H and O–H groups in total. The third-order valence-electron chi connectivity index (χ3n) is 4.11. The molecule has 0 radical (unpaired) electrons. The number of methoxy groups -OCH3 is 1. The van der Waals surface area contributed by atoms with Gasteiger partial charge in [-0.25, -0.2) is 0 Å². The summed E-state index contributed by atoms with van der Waals surface area (Å²) in [5.74, 6) is 1.91. The predicted molar refractivity (Wildman–Crippen MR) is 109 cm³/mol. The van der Waals surface area contributed by atoms with Crippen LogP contribution in [-0.2, 0) is 6.42 Å². The molecule has 0 spiro atoms. The Morgan fingerprint density at radius 2 is 1.89 bits per heavy atom. The van der Waals surface area contributed by atoms with Gasteiger partial charge in [-0.15, -0.1) is 5.10 Å². The van der Waals surface area contributed by atoms with Gasteiger partial charge in [-0.3, -0.25) is 0 Å². The highest BCUT2D eigenvalue weighted by Crippen LogP contribution is 2.29. The number of aromatic nitrogens is 3. The molecule has 0 aliphatic rings. The van der Waals surface area contributed by atoms with Gasteiger partial charge in [0.2, 0.25) is 5.95 Å². The van der Waals surface area contributed by atoms with Gasteiger partial charge in [0.05, 0.1) is 24.0 Å². The first-order valence-corrected chi connectivity index (χ1v) is 9.03. The molecule has 0 bridgehead atoms. The van der Waals surface area contributed by atoms with E-state index < -0.39 is 0 Å². The summed E-state index contributed by atoms with van der Waals surface area (Å²) in [4.78, 5) is 4.46. The maximum atomic E-state index is 6.33. The highest BCUT2D eigenvalue weighted by Gasteiger charge is 2.08. The summed E-state index contributed by atoms with van der Waals surface area (Å²) in [5, 5.41) is 15.1. The topological polar surface area (TPSA) is 72.0 Å². The lowest BCUT2D eigenvalue weighted by atomic mass is 10.1. The number of rotatable bonds is 7. The molecule has 0 atom stereocenters. The van der Waals surface area contributed by atoms with E-state index in [0.717, 1.165) is 35.5 Å². The van der Waals surface area contributed by atoms with E-state index in [9.17, 15) is 0 Å². The van der Waals surface area contributed by atoms with Crippen LogP contribution in [0.2, 0.25) is 5.02 Å². The predicted octanol–water partition coefficient (Wildman–Crippen LogP) is 4.55. The van der Waals surface area contributed by atoms with Crippen LogP contribution in [-0.4, -0.2) is 28.8 Å². The minimum atomic E-state index is 0.401. The van der Waals surface area contributed by atoms with E-state index in [4.69, 9.17) is 16.3 Å². The number of hydrogen-bond acceptors (Lipinski definition) is 6. The summed E-state index contributed by atoms with van der Waals surface area (Å²) < 4.78 is 5.17. The standard InChI is InChI=1S/C20H22ClN5O/c1-13-10-14(2)19(17(21)11-13)25-20-24-18(12-23-26-20)22-9-8-15-4-6-16(27-3)7-5-15/h4-7,10-12H,8-9H2,1-3H3,(H2,22,24,25,26). The number of aryl methyl sites for hydroxylation is 2. The smallest absolute Gasteiger partial charge is 0.249 e. The second-order valence-electron chi connectivity index (χ2n) is 6.25. The molecule has 2 aromatic carbocycles. The van der Waals surface area contributed by atoms with Crippen LogP contribution in [0, 0.1) is 13.8 Å². The van der Waals surface area contributed by atoms with Crippen molar-refractivity contribution in [3.05, 3.63) is 64.3 Å². The van der Waals surface area contributed by atoms with Crippen molar-refractivity contribution in [2.24, 2.45) is 0 Å². The van der Waals surface area contributed by atoms with Gasteiger partial charge >= 0.3 is 0 Å². The third-order valence-corrected chi connectivity index (χ3v) is 4.40. The Kier molecular flexibility index (Phi) is 6.08. The zero-order valence-electron chi connectivity index (χ0n) is 15.6. The van der Waals surface area contributed by atoms with Gasteiger partial charge in [0, 0.05) is 6.54 Å². The van der Waals surface area contributed by atoms with Gasteiger partial charge in [0.15, 0.2) is 5.82 Å². The molecule has 0 aliphatic heterocycles. The van der Waals surface area contributed by atoms with E-state index in [0.29, 0.717) is 16.8 Å². The molecule has 0 aliphatic carbocycles. The lowest BCUT2D eigenvalue weighted by molar-refractivity contribution is 0.414. The molecule has 0 saturated heterocycles. The Balaban J connectivity index is 1.62. The van der Waals surface area contributed by atoms with E-state index in [-0.39, 0.29) is 0 Å². The van der Waals surface area contributed by atoms with Crippen molar-refractivity contribution in [3.8, 4) is 5.75 Å². The van der Waals surface area contributed by atoms with Gasteiger partial charge in [-0.2, -0.15) is 10.1 Å². The summed E-state index contributed by atoms with van der Waals surface area (Å²) >= 11 is 6.33. The van der Waals surface area contributed by atoms with Crippen LogP contribution in [0.25, 0.3) is 0 Å². The lowest BCUT2D eigenvalue weighted by Crippen LogP contribution is -2.09. The summed E-state index contributed by atoms with van der Waals surface area (Å²) in [5.41, 5.74) is 4.14. The number of anilines is 3. The SMILES string of the molecule is COc1ccc(CCNc2cnnc(Nc3c(C)cc(C)cc3Cl)n2)cc1. The number of halogens is 1. The molecular weight excluding hydrogens is 362 g/mol. The molecule has 6 nitrogen and oxygen atoms in total. The maximum absolute atomic E-state index is 6.33. The minimum Gasteiger partial charge on any atom is -0.497 e. The van der Waals surface area contributed by atoms with E-state index >= 15 is 0 Å². The summed E-state index contributed by atoms with van der Waals surface area (Å²) in [6, 6.07) is 12.0. The Labute approximate surface area is 164 Å². The van der Waals surface area contributed by atoms with E-state index in [1.165, 1.54) is 5.56 Å². The fourth-order valence-electron chi connectivity index (χ4n) is 2.75. The first kappa shape index (κ1) is 18.9. The minimum absolute atomic E-state index is 0.401. The van der Waals surface area contributed by atoms with Crippen molar-refractivity contribution in [2.75, 3.05) is 24.3 Å². The van der Waals surface area contributed by atoms with Crippen LogP contribution < -0.4 is 15.4 Å². The van der Waals surface area contributed by atoms with Gasteiger partial charge in [-0.1, -0.05) is 29.8 Å². The lowest BCUT2D eigenvalue weighted by Gasteiger charge is -2.12. The molecule has 27 heavy (non-hydrogen) atoms. The number of ether oxygens (including phenoxy) is 1. The molecule has 0 saturated carbocycles. The van der Waals surface area contributed by atoms with E-state index in [1.807, 2.05) is 44.2 Å². The van der Waals surface area contributed by atoms with Crippen molar-refractivity contribution in [2.45, 2.75) is 20.3 Å². The first-order valence-electron chi connectivity index (χ1n) is 8.65. The largest absolute Gasteiger partial charge is 0.497 e. The molecule has 0 fully saturated rings. The average molecular weight is 384 g/mol. The van der Waals surface area contributed by atoms with Crippen LogP contribution in [0.4, 0.5) is 17.5 Å². The van der Waals surface area contributed by atoms with Crippen molar-refractivity contribution in [1.82, 2.24) is 15.2 Å². The van der Waals surface area contributed by atoms with Crippen LogP contribution in [0.1, 0.15) is 16.7 Å². The summed E-state index contributed by atoms with van der Waals surface area (Å²) in [6.45, 7) is 4.73. The number of nitrogens with one attached hydrogen (secondary N) is 2. The Morgan fingerprint density at radius 3 is 2.59 bits per heavy atom. The van der Waals surface area contributed by atoms with Crippen molar-refractivity contribution < 1.29 is 4.74 Å². The van der Waals surface area contributed by atoms with Gasteiger partial charge in [-0.05, 0) is 55.2 Å². The van der Waals surface area contributed by atoms with Crippen LogP contribution in [0.3, 0.4) is 0 Å². The Morgan fingerprint density at radius 1 is 1.11 bits per heavy atom. The quantitative estimate of drug-likeness (QED) is 0.623. The fourth-order valence-corrected chi connectivity index (χ4v) is 3.12.